The van der Waals surface area contributed by atoms with Gasteiger partial charge in [-0.15, -0.1) is 0 Å². The number of aryl methyl sites for hydroxylation is 1. The Morgan fingerprint density at radius 1 is 1.59 bits per heavy atom. The number of carbonyl (C=O) groups is 1. The fraction of sp³-hybridized carbons (Fsp3) is 0.667. The number of nitrogens with zero attached hydrogens (tertiary/aromatic N) is 2. The van der Waals surface area contributed by atoms with Gasteiger partial charge in [-0.3, -0.25) is 4.68 Å². The summed E-state index contributed by atoms with van der Waals surface area (Å²) in [4.78, 5) is 11.7. The summed E-state index contributed by atoms with van der Waals surface area (Å²) in [5, 5.41) is 13.4. The first-order valence-electron chi connectivity index (χ1n) is 5.70. The molecule has 1 aromatic rings. The third-order valence-electron chi connectivity index (χ3n) is 2.47. The van der Waals surface area contributed by atoms with Crippen LogP contribution in [0.15, 0.2) is 6.20 Å². The lowest BCUT2D eigenvalue weighted by molar-refractivity contribution is 0.0516. The second-order valence-corrected chi connectivity index (χ2v) is 4.90. The van der Waals surface area contributed by atoms with Crippen molar-refractivity contribution in [1.29, 1.82) is 0 Å². The zero-order chi connectivity index (χ0) is 13.1. The van der Waals surface area contributed by atoms with Crippen LogP contribution in [0.25, 0.3) is 0 Å². The maximum atomic E-state index is 11.7. The summed E-state index contributed by atoms with van der Waals surface area (Å²) in [7, 11) is 1.76. The van der Waals surface area contributed by atoms with Crippen LogP contribution >= 0.6 is 0 Å². The van der Waals surface area contributed by atoms with Crippen molar-refractivity contribution in [3.05, 3.63) is 17.5 Å². The Kier molecular flexibility index (Phi) is 4.28. The SMILES string of the molecule is CCOC(=O)c1nn(C)cc1CC(C)(C)CO. The molecular weight excluding hydrogens is 220 g/mol. The van der Waals surface area contributed by atoms with Crippen molar-refractivity contribution >= 4 is 5.97 Å². The van der Waals surface area contributed by atoms with Crippen molar-refractivity contribution < 1.29 is 14.6 Å². The van der Waals surface area contributed by atoms with E-state index in [9.17, 15) is 9.90 Å². The number of aliphatic hydroxyl groups excluding tert-OH is 1. The summed E-state index contributed by atoms with van der Waals surface area (Å²) in [6, 6.07) is 0. The zero-order valence-corrected chi connectivity index (χ0v) is 10.9. The lowest BCUT2D eigenvalue weighted by Crippen LogP contribution is -2.21. The normalized spacial score (nSPS) is 11.6. The average Bonchev–Trinajstić information content (AvgIpc) is 2.59. The Balaban J connectivity index is 2.96. The third kappa shape index (κ3) is 3.56. The monoisotopic (exact) mass is 240 g/mol. The molecule has 5 nitrogen and oxygen atoms in total. The molecule has 0 fully saturated rings. The fourth-order valence-electron chi connectivity index (χ4n) is 1.61. The predicted octanol–water partition coefficient (Wildman–Crippen LogP) is 1.16. The largest absolute Gasteiger partial charge is 0.461 e. The molecule has 5 heteroatoms. The number of aliphatic hydroxyl groups is 1. The van der Waals surface area contributed by atoms with Crippen LogP contribution in [0.2, 0.25) is 0 Å². The molecule has 0 aliphatic carbocycles. The summed E-state index contributed by atoms with van der Waals surface area (Å²) in [6.07, 6.45) is 2.38. The van der Waals surface area contributed by atoms with E-state index >= 15 is 0 Å². The second kappa shape index (κ2) is 5.31. The summed E-state index contributed by atoms with van der Waals surface area (Å²) in [5.41, 5.74) is 0.880. The number of aromatic nitrogens is 2. The van der Waals surface area contributed by atoms with Crippen molar-refractivity contribution in [3.8, 4) is 0 Å². The van der Waals surface area contributed by atoms with Crippen LogP contribution < -0.4 is 0 Å². The molecule has 0 amide bonds. The maximum Gasteiger partial charge on any atom is 0.359 e. The molecule has 17 heavy (non-hydrogen) atoms. The number of hydrogen-bond donors (Lipinski definition) is 1. The van der Waals surface area contributed by atoms with Crippen molar-refractivity contribution in [3.63, 3.8) is 0 Å². The molecule has 0 atom stereocenters. The molecule has 0 spiro atoms. The van der Waals surface area contributed by atoms with Crippen molar-refractivity contribution in [2.24, 2.45) is 12.5 Å². The number of ether oxygens (including phenoxy) is 1. The zero-order valence-electron chi connectivity index (χ0n) is 10.9. The molecule has 0 unspecified atom stereocenters. The Bertz CT molecular complexity index is 396. The first-order chi connectivity index (χ1) is 7.89. The van der Waals surface area contributed by atoms with Crippen LogP contribution in [0, 0.1) is 5.41 Å². The van der Waals surface area contributed by atoms with Crippen LogP contribution in [0.1, 0.15) is 36.8 Å². The highest BCUT2D eigenvalue weighted by Crippen LogP contribution is 2.23. The van der Waals surface area contributed by atoms with Gasteiger partial charge in [0, 0.05) is 25.4 Å². The highest BCUT2D eigenvalue weighted by atomic mass is 16.5. The minimum Gasteiger partial charge on any atom is -0.461 e. The number of carbonyl (C=O) groups excluding carboxylic acids is 1. The number of hydrogen-bond acceptors (Lipinski definition) is 4. The first-order valence-corrected chi connectivity index (χ1v) is 5.70. The quantitative estimate of drug-likeness (QED) is 0.784. The van der Waals surface area contributed by atoms with Crippen LogP contribution in [0.4, 0.5) is 0 Å². The van der Waals surface area contributed by atoms with Gasteiger partial charge in [0.1, 0.15) is 0 Å². The average molecular weight is 240 g/mol. The van der Waals surface area contributed by atoms with Gasteiger partial charge in [-0.25, -0.2) is 4.79 Å². The van der Waals surface area contributed by atoms with E-state index in [1.165, 1.54) is 0 Å². The lowest BCUT2D eigenvalue weighted by atomic mass is 9.87. The molecule has 1 N–H and O–H groups in total. The maximum absolute atomic E-state index is 11.7. The van der Waals surface area contributed by atoms with E-state index in [0.29, 0.717) is 18.7 Å². The molecule has 0 aliphatic heterocycles. The van der Waals surface area contributed by atoms with E-state index in [0.717, 1.165) is 5.56 Å². The minimum absolute atomic E-state index is 0.0597. The standard InChI is InChI=1S/C12H20N2O3/c1-5-17-11(16)10-9(7-14(4)13-10)6-12(2,3)8-15/h7,15H,5-6,8H2,1-4H3. The van der Waals surface area contributed by atoms with Crippen LogP contribution in [-0.4, -0.2) is 34.1 Å². The van der Waals surface area contributed by atoms with Gasteiger partial charge in [0.05, 0.1) is 6.61 Å². The van der Waals surface area contributed by atoms with Gasteiger partial charge in [-0.1, -0.05) is 13.8 Å². The van der Waals surface area contributed by atoms with E-state index in [2.05, 4.69) is 5.10 Å². The van der Waals surface area contributed by atoms with Gasteiger partial charge >= 0.3 is 5.97 Å². The summed E-state index contributed by atoms with van der Waals surface area (Å²) in [6.45, 7) is 6.03. The molecule has 96 valence electrons. The molecule has 1 aromatic heterocycles. The van der Waals surface area contributed by atoms with Gasteiger partial charge < -0.3 is 9.84 Å². The molecule has 0 radical (unpaired) electrons. The summed E-state index contributed by atoms with van der Waals surface area (Å²) < 4.78 is 6.55. The third-order valence-corrected chi connectivity index (χ3v) is 2.47. The molecular formula is C12H20N2O3. The smallest absolute Gasteiger partial charge is 0.359 e. The number of rotatable bonds is 5. The van der Waals surface area contributed by atoms with E-state index in [1.54, 1.807) is 24.9 Å². The van der Waals surface area contributed by atoms with Crippen molar-refractivity contribution in [1.82, 2.24) is 9.78 Å². The Morgan fingerprint density at radius 2 is 2.24 bits per heavy atom. The van der Waals surface area contributed by atoms with Crippen LogP contribution in [0.3, 0.4) is 0 Å². The van der Waals surface area contributed by atoms with E-state index in [-0.39, 0.29) is 12.0 Å². The van der Waals surface area contributed by atoms with Crippen molar-refractivity contribution in [2.75, 3.05) is 13.2 Å². The second-order valence-electron chi connectivity index (χ2n) is 4.90. The molecule has 0 aliphatic rings. The molecule has 1 rings (SSSR count). The van der Waals surface area contributed by atoms with Gasteiger partial charge in [-0.05, 0) is 18.8 Å². The number of esters is 1. The van der Waals surface area contributed by atoms with Gasteiger partial charge in [0.15, 0.2) is 5.69 Å². The topological polar surface area (TPSA) is 64.3 Å². The predicted molar refractivity (Wildman–Crippen MR) is 63.7 cm³/mol. The van der Waals surface area contributed by atoms with E-state index in [4.69, 9.17) is 4.74 Å². The molecule has 1 heterocycles. The summed E-state index contributed by atoms with van der Waals surface area (Å²) in [5.74, 6) is -0.406. The van der Waals surface area contributed by atoms with Gasteiger partial charge in [0.2, 0.25) is 0 Å². The first kappa shape index (κ1) is 13.7. The Hall–Kier alpha value is -1.36. The molecule has 0 saturated carbocycles. The Morgan fingerprint density at radius 3 is 2.76 bits per heavy atom. The highest BCUT2D eigenvalue weighted by molar-refractivity contribution is 5.88. The van der Waals surface area contributed by atoms with E-state index in [1.807, 2.05) is 13.8 Å². The van der Waals surface area contributed by atoms with Crippen molar-refractivity contribution in [2.45, 2.75) is 27.2 Å². The molecule has 0 aromatic carbocycles. The molecule has 0 bridgehead atoms. The van der Waals surface area contributed by atoms with Crippen LogP contribution in [-0.2, 0) is 18.2 Å². The van der Waals surface area contributed by atoms with Gasteiger partial charge in [0.25, 0.3) is 0 Å². The minimum atomic E-state index is -0.406. The highest BCUT2D eigenvalue weighted by Gasteiger charge is 2.24. The lowest BCUT2D eigenvalue weighted by Gasteiger charge is -2.20. The van der Waals surface area contributed by atoms with Crippen LogP contribution in [0.5, 0.6) is 0 Å². The summed E-state index contributed by atoms with van der Waals surface area (Å²) >= 11 is 0. The van der Waals surface area contributed by atoms with Gasteiger partial charge in [-0.2, -0.15) is 5.10 Å². The fourth-order valence-corrected chi connectivity index (χ4v) is 1.61. The molecule has 0 saturated heterocycles. The Labute approximate surface area is 101 Å². The van der Waals surface area contributed by atoms with E-state index < -0.39 is 5.97 Å².